The summed E-state index contributed by atoms with van der Waals surface area (Å²) in [5, 5.41) is 3.93. The molecule has 0 radical (unpaired) electrons. The summed E-state index contributed by atoms with van der Waals surface area (Å²) >= 11 is 0. The highest BCUT2D eigenvalue weighted by molar-refractivity contribution is 7.92. The van der Waals surface area contributed by atoms with E-state index in [9.17, 15) is 12.8 Å². The second kappa shape index (κ2) is 7.25. The number of rotatable bonds is 6. The first-order valence-corrected chi connectivity index (χ1v) is 9.51. The quantitative estimate of drug-likeness (QED) is 0.710. The van der Waals surface area contributed by atoms with E-state index in [1.54, 1.807) is 24.3 Å². The van der Waals surface area contributed by atoms with Crippen molar-refractivity contribution in [2.45, 2.75) is 31.1 Å². The van der Waals surface area contributed by atoms with Crippen LogP contribution >= 0.6 is 0 Å². The average molecular weight is 375 g/mol. The van der Waals surface area contributed by atoms with Crippen molar-refractivity contribution in [3.63, 3.8) is 0 Å². The van der Waals surface area contributed by atoms with Crippen LogP contribution in [0.5, 0.6) is 0 Å². The molecule has 0 spiro atoms. The molecule has 0 aliphatic heterocycles. The molecule has 0 aliphatic carbocycles. The molecule has 3 aromatic rings. The largest absolute Gasteiger partial charge is 0.339 e. The summed E-state index contributed by atoms with van der Waals surface area (Å²) in [7, 11) is -3.76. The van der Waals surface area contributed by atoms with Crippen molar-refractivity contribution in [3.05, 3.63) is 71.6 Å². The molecule has 1 heterocycles. The molecule has 3 rings (SSSR count). The Morgan fingerprint density at radius 2 is 1.73 bits per heavy atom. The summed E-state index contributed by atoms with van der Waals surface area (Å²) < 4.78 is 45.1. The Bertz CT molecular complexity index is 981. The Morgan fingerprint density at radius 3 is 2.31 bits per heavy atom. The molecule has 136 valence electrons. The third kappa shape index (κ3) is 4.26. The fraction of sp³-hybridized carbons (Fsp3) is 0.222. The Balaban J connectivity index is 1.70. The van der Waals surface area contributed by atoms with Gasteiger partial charge in [-0.15, -0.1) is 0 Å². The number of halogens is 1. The highest BCUT2D eigenvalue weighted by Crippen LogP contribution is 2.18. The number of nitrogens with zero attached hydrogens (tertiary/aromatic N) is 2. The number of nitrogens with one attached hydrogen (secondary N) is 1. The van der Waals surface area contributed by atoms with Crippen molar-refractivity contribution < 1.29 is 17.3 Å². The van der Waals surface area contributed by atoms with E-state index in [4.69, 9.17) is 4.52 Å². The lowest BCUT2D eigenvalue weighted by molar-refractivity contribution is 0.361. The molecule has 2 aromatic carbocycles. The average Bonchev–Trinajstić information content (AvgIpc) is 3.06. The molecule has 0 unspecified atom stereocenters. The van der Waals surface area contributed by atoms with Gasteiger partial charge in [0.15, 0.2) is 5.82 Å². The number of anilines is 1. The van der Waals surface area contributed by atoms with Crippen LogP contribution in [0.25, 0.3) is 0 Å². The van der Waals surface area contributed by atoms with Crippen LogP contribution in [0.2, 0.25) is 0 Å². The molecule has 0 bridgehead atoms. The summed E-state index contributed by atoms with van der Waals surface area (Å²) in [5.41, 5.74) is 1.33. The maximum absolute atomic E-state index is 12.9. The molecular formula is C18H18FN3O3S. The van der Waals surface area contributed by atoms with Crippen LogP contribution < -0.4 is 4.72 Å². The predicted molar refractivity (Wildman–Crippen MR) is 94.8 cm³/mol. The van der Waals surface area contributed by atoms with Crippen molar-refractivity contribution in [1.82, 2.24) is 10.1 Å². The lowest BCUT2D eigenvalue weighted by atomic mass is 10.1. The van der Waals surface area contributed by atoms with E-state index in [0.29, 0.717) is 23.8 Å². The van der Waals surface area contributed by atoms with Crippen molar-refractivity contribution in [3.8, 4) is 0 Å². The molecule has 6 nitrogen and oxygen atoms in total. The van der Waals surface area contributed by atoms with Crippen LogP contribution in [0.15, 0.2) is 57.9 Å². The number of hydrogen-bond donors (Lipinski definition) is 1. The lowest BCUT2D eigenvalue weighted by Crippen LogP contribution is -2.12. The van der Waals surface area contributed by atoms with Crippen molar-refractivity contribution >= 4 is 15.7 Å². The van der Waals surface area contributed by atoms with Crippen LogP contribution in [0.3, 0.4) is 0 Å². The summed E-state index contributed by atoms with van der Waals surface area (Å²) in [6, 6.07) is 11.5. The number of benzene rings is 2. The number of aromatic nitrogens is 2. The van der Waals surface area contributed by atoms with E-state index >= 15 is 0 Å². The van der Waals surface area contributed by atoms with Gasteiger partial charge in [0, 0.05) is 18.0 Å². The second-order valence-electron chi connectivity index (χ2n) is 6.14. The molecule has 0 fully saturated rings. The fourth-order valence-corrected chi connectivity index (χ4v) is 3.33. The summed E-state index contributed by atoms with van der Waals surface area (Å²) in [4.78, 5) is 4.31. The third-order valence-corrected chi connectivity index (χ3v) is 5.07. The maximum Gasteiger partial charge on any atom is 0.261 e. The van der Waals surface area contributed by atoms with E-state index in [0.717, 1.165) is 17.7 Å². The normalized spacial score (nSPS) is 11.7. The van der Waals surface area contributed by atoms with Crippen LogP contribution in [-0.4, -0.2) is 18.6 Å². The molecule has 0 saturated carbocycles. The van der Waals surface area contributed by atoms with Crippen molar-refractivity contribution in [2.24, 2.45) is 0 Å². The van der Waals surface area contributed by atoms with Gasteiger partial charge in [-0.05, 0) is 42.0 Å². The van der Waals surface area contributed by atoms with Gasteiger partial charge in [0.1, 0.15) is 5.82 Å². The first-order valence-electron chi connectivity index (χ1n) is 8.03. The Labute approximate surface area is 151 Å². The van der Waals surface area contributed by atoms with Gasteiger partial charge in [-0.1, -0.05) is 31.1 Å². The highest BCUT2D eigenvalue weighted by Gasteiger charge is 2.14. The summed E-state index contributed by atoms with van der Waals surface area (Å²) in [6.07, 6.45) is 0.487. The summed E-state index contributed by atoms with van der Waals surface area (Å²) in [6.45, 7) is 3.94. The van der Waals surface area contributed by atoms with Crippen molar-refractivity contribution in [2.75, 3.05) is 4.72 Å². The minimum Gasteiger partial charge on any atom is -0.339 e. The first-order chi connectivity index (χ1) is 12.3. The Morgan fingerprint density at radius 1 is 1.08 bits per heavy atom. The van der Waals surface area contributed by atoms with Gasteiger partial charge in [0.05, 0.1) is 4.90 Å². The SMILES string of the molecule is CC(C)c1nc(Cc2ccc(NS(=O)(=O)c3ccc(F)cc3)cc2)no1. The monoisotopic (exact) mass is 375 g/mol. The molecule has 26 heavy (non-hydrogen) atoms. The fourth-order valence-electron chi connectivity index (χ4n) is 2.27. The highest BCUT2D eigenvalue weighted by atomic mass is 32.2. The second-order valence-corrected chi connectivity index (χ2v) is 7.82. The molecule has 0 aliphatic rings. The van der Waals surface area contributed by atoms with E-state index < -0.39 is 15.8 Å². The molecule has 1 N–H and O–H groups in total. The van der Waals surface area contributed by atoms with E-state index in [1.165, 1.54) is 12.1 Å². The van der Waals surface area contributed by atoms with Crippen LogP contribution in [0.4, 0.5) is 10.1 Å². The molecule has 8 heteroatoms. The topological polar surface area (TPSA) is 85.1 Å². The van der Waals surface area contributed by atoms with Crippen LogP contribution in [-0.2, 0) is 16.4 Å². The van der Waals surface area contributed by atoms with Gasteiger partial charge in [-0.3, -0.25) is 4.72 Å². The minimum absolute atomic E-state index is 0.00371. The standard InChI is InChI=1S/C18H18FN3O3S/c1-12(2)18-20-17(21-25-18)11-13-3-7-15(8-4-13)22-26(23,24)16-9-5-14(19)6-10-16/h3-10,12,22H,11H2,1-2H3. The van der Waals surface area contributed by atoms with Gasteiger partial charge in [0.25, 0.3) is 10.0 Å². The van der Waals surface area contributed by atoms with E-state index in [-0.39, 0.29) is 10.8 Å². The molecule has 0 atom stereocenters. The van der Waals surface area contributed by atoms with Crippen LogP contribution in [0.1, 0.15) is 37.0 Å². The Kier molecular flexibility index (Phi) is 5.03. The molecule has 1 aromatic heterocycles. The zero-order chi connectivity index (χ0) is 18.7. The van der Waals surface area contributed by atoms with Gasteiger partial charge < -0.3 is 4.52 Å². The zero-order valence-electron chi connectivity index (χ0n) is 14.3. The zero-order valence-corrected chi connectivity index (χ0v) is 15.1. The van der Waals surface area contributed by atoms with Gasteiger partial charge in [-0.2, -0.15) is 4.98 Å². The van der Waals surface area contributed by atoms with Gasteiger partial charge in [-0.25, -0.2) is 12.8 Å². The number of hydrogen-bond acceptors (Lipinski definition) is 5. The molecule has 0 amide bonds. The molecular weight excluding hydrogens is 357 g/mol. The van der Waals surface area contributed by atoms with E-state index in [2.05, 4.69) is 14.9 Å². The predicted octanol–water partition coefficient (Wildman–Crippen LogP) is 3.72. The van der Waals surface area contributed by atoms with Crippen molar-refractivity contribution in [1.29, 1.82) is 0 Å². The van der Waals surface area contributed by atoms with Crippen LogP contribution in [0, 0.1) is 5.82 Å². The number of sulfonamides is 1. The lowest BCUT2D eigenvalue weighted by Gasteiger charge is -2.08. The smallest absolute Gasteiger partial charge is 0.261 e. The summed E-state index contributed by atoms with van der Waals surface area (Å²) in [5.74, 6) is 0.840. The van der Waals surface area contributed by atoms with Gasteiger partial charge >= 0.3 is 0 Å². The first kappa shape index (κ1) is 18.1. The van der Waals surface area contributed by atoms with E-state index in [1.807, 2.05) is 13.8 Å². The Hall–Kier alpha value is -2.74. The third-order valence-electron chi connectivity index (χ3n) is 3.67. The van der Waals surface area contributed by atoms with Gasteiger partial charge in [0.2, 0.25) is 5.89 Å². The molecule has 0 saturated heterocycles. The minimum atomic E-state index is -3.76. The maximum atomic E-state index is 12.9.